The summed E-state index contributed by atoms with van der Waals surface area (Å²) in [5.41, 5.74) is 2.57. The van der Waals surface area contributed by atoms with Crippen LogP contribution in [0, 0.1) is 0 Å². The number of carbonyl (C=O) groups is 2. The van der Waals surface area contributed by atoms with E-state index in [1.807, 2.05) is 53.4 Å². The Morgan fingerprint density at radius 3 is 2.35 bits per heavy atom. The van der Waals surface area contributed by atoms with E-state index in [9.17, 15) is 9.59 Å². The summed E-state index contributed by atoms with van der Waals surface area (Å²) in [4.78, 5) is 29.9. The maximum atomic E-state index is 13.5. The fourth-order valence-electron chi connectivity index (χ4n) is 4.26. The standard InChI is InChI=1S/C28H28ClN3O4S/c1-35-24-13-8-19(16-25(24)36-2)14-15-31-23(17-26(33)30-22-11-9-21(29)10-12-22)27(34)32(28(31)37)18-20-6-4-3-5-7-20/h3-13,16,23H,14-15,17-18H2,1-2H3,(H,30,33). The number of anilines is 1. The maximum Gasteiger partial charge on any atom is 0.252 e. The molecule has 0 saturated carbocycles. The minimum atomic E-state index is -0.705. The van der Waals surface area contributed by atoms with Crippen molar-refractivity contribution in [3.63, 3.8) is 0 Å². The molecule has 3 aromatic rings. The molecule has 37 heavy (non-hydrogen) atoms. The third-order valence-corrected chi connectivity index (χ3v) is 6.89. The first-order valence-electron chi connectivity index (χ1n) is 11.8. The molecule has 0 aromatic heterocycles. The highest BCUT2D eigenvalue weighted by atomic mass is 35.5. The predicted octanol–water partition coefficient (Wildman–Crippen LogP) is 4.93. The largest absolute Gasteiger partial charge is 0.493 e. The first kappa shape index (κ1) is 26.4. The van der Waals surface area contributed by atoms with E-state index < -0.39 is 6.04 Å². The van der Waals surface area contributed by atoms with Crippen molar-refractivity contribution in [2.45, 2.75) is 25.4 Å². The van der Waals surface area contributed by atoms with Crippen molar-refractivity contribution < 1.29 is 19.1 Å². The lowest BCUT2D eigenvalue weighted by atomic mass is 10.1. The average molecular weight is 538 g/mol. The minimum Gasteiger partial charge on any atom is -0.493 e. The molecule has 0 aliphatic carbocycles. The van der Waals surface area contributed by atoms with Crippen LogP contribution in [-0.2, 0) is 22.6 Å². The zero-order valence-electron chi connectivity index (χ0n) is 20.6. The second-order valence-corrected chi connectivity index (χ2v) is 9.40. The van der Waals surface area contributed by atoms with Gasteiger partial charge in [-0.1, -0.05) is 48.0 Å². The van der Waals surface area contributed by atoms with Gasteiger partial charge in [0.1, 0.15) is 6.04 Å². The maximum absolute atomic E-state index is 13.5. The van der Waals surface area contributed by atoms with Gasteiger partial charge < -0.3 is 19.7 Å². The first-order chi connectivity index (χ1) is 17.9. The highest BCUT2D eigenvalue weighted by Gasteiger charge is 2.43. The van der Waals surface area contributed by atoms with Gasteiger partial charge in [-0.25, -0.2) is 0 Å². The van der Waals surface area contributed by atoms with Crippen LogP contribution in [0.15, 0.2) is 72.8 Å². The molecule has 1 aliphatic rings. The summed E-state index contributed by atoms with van der Waals surface area (Å²) in [7, 11) is 3.18. The predicted molar refractivity (Wildman–Crippen MR) is 148 cm³/mol. The van der Waals surface area contributed by atoms with Crippen LogP contribution >= 0.6 is 23.8 Å². The normalized spacial score (nSPS) is 15.2. The van der Waals surface area contributed by atoms with Gasteiger partial charge in [0, 0.05) is 17.3 Å². The van der Waals surface area contributed by atoms with Crippen molar-refractivity contribution in [2.24, 2.45) is 0 Å². The Balaban J connectivity index is 1.52. The molecular formula is C28H28ClN3O4S. The summed E-state index contributed by atoms with van der Waals surface area (Å²) in [6.45, 7) is 0.810. The molecule has 0 bridgehead atoms. The second-order valence-electron chi connectivity index (χ2n) is 8.60. The number of nitrogens with zero attached hydrogens (tertiary/aromatic N) is 2. The van der Waals surface area contributed by atoms with E-state index in [4.69, 9.17) is 33.3 Å². The van der Waals surface area contributed by atoms with Crippen LogP contribution in [0.2, 0.25) is 5.02 Å². The van der Waals surface area contributed by atoms with Gasteiger partial charge in [0.2, 0.25) is 5.91 Å². The van der Waals surface area contributed by atoms with Gasteiger partial charge in [-0.15, -0.1) is 0 Å². The van der Waals surface area contributed by atoms with Crippen LogP contribution in [0.5, 0.6) is 11.5 Å². The molecule has 1 aliphatic heterocycles. The number of ether oxygens (including phenoxy) is 2. The number of carbonyl (C=O) groups excluding carboxylic acids is 2. The van der Waals surface area contributed by atoms with Gasteiger partial charge in [0.05, 0.1) is 27.2 Å². The zero-order valence-corrected chi connectivity index (χ0v) is 22.2. The molecule has 3 aromatic carbocycles. The Morgan fingerprint density at radius 1 is 0.973 bits per heavy atom. The molecule has 2 amide bonds. The fourth-order valence-corrected chi connectivity index (χ4v) is 4.76. The lowest BCUT2D eigenvalue weighted by Gasteiger charge is -2.24. The minimum absolute atomic E-state index is 0.0289. The Kier molecular flexibility index (Phi) is 8.63. The van der Waals surface area contributed by atoms with Gasteiger partial charge in [-0.3, -0.25) is 14.5 Å². The number of methoxy groups -OCH3 is 2. The van der Waals surface area contributed by atoms with Crippen LogP contribution in [-0.4, -0.2) is 53.5 Å². The summed E-state index contributed by atoms with van der Waals surface area (Å²) in [6.07, 6.45) is 0.571. The van der Waals surface area contributed by atoms with Crippen molar-refractivity contribution in [3.8, 4) is 11.5 Å². The summed E-state index contributed by atoms with van der Waals surface area (Å²) in [5, 5.41) is 3.84. The van der Waals surface area contributed by atoms with Gasteiger partial charge in [-0.2, -0.15) is 0 Å². The number of halogens is 1. The van der Waals surface area contributed by atoms with E-state index in [-0.39, 0.29) is 18.2 Å². The number of nitrogens with one attached hydrogen (secondary N) is 1. The van der Waals surface area contributed by atoms with Crippen LogP contribution in [0.25, 0.3) is 0 Å². The lowest BCUT2D eigenvalue weighted by Crippen LogP contribution is -2.39. The number of hydrogen-bond donors (Lipinski definition) is 1. The smallest absolute Gasteiger partial charge is 0.252 e. The number of thiocarbonyl (C=S) groups is 1. The summed E-state index contributed by atoms with van der Waals surface area (Å²) in [5.74, 6) is 0.808. The Morgan fingerprint density at radius 2 is 1.68 bits per heavy atom. The van der Waals surface area contributed by atoms with Crippen LogP contribution in [0.4, 0.5) is 5.69 Å². The second kappa shape index (κ2) is 12.1. The number of hydrogen-bond acceptors (Lipinski definition) is 5. The van der Waals surface area contributed by atoms with Crippen LogP contribution in [0.3, 0.4) is 0 Å². The van der Waals surface area contributed by atoms with E-state index >= 15 is 0 Å². The zero-order chi connectivity index (χ0) is 26.4. The lowest BCUT2D eigenvalue weighted by molar-refractivity contribution is -0.131. The SMILES string of the molecule is COc1ccc(CCN2C(=S)N(Cc3ccccc3)C(=O)C2CC(=O)Nc2ccc(Cl)cc2)cc1OC. The molecule has 1 atom stereocenters. The number of amides is 2. The van der Waals surface area contributed by atoms with Crippen LogP contribution < -0.4 is 14.8 Å². The molecule has 7 nitrogen and oxygen atoms in total. The molecule has 0 spiro atoms. The molecule has 1 fully saturated rings. The Labute approximate surface area is 226 Å². The van der Waals surface area contributed by atoms with Gasteiger partial charge in [0.15, 0.2) is 16.6 Å². The van der Waals surface area contributed by atoms with Crippen molar-refractivity contribution in [2.75, 3.05) is 26.1 Å². The third-order valence-electron chi connectivity index (χ3n) is 6.18. The average Bonchev–Trinajstić information content (AvgIpc) is 3.12. The quantitative estimate of drug-likeness (QED) is 0.370. The first-order valence-corrected chi connectivity index (χ1v) is 12.6. The van der Waals surface area contributed by atoms with Crippen molar-refractivity contribution in [1.82, 2.24) is 9.80 Å². The van der Waals surface area contributed by atoms with Crippen molar-refractivity contribution in [3.05, 3.63) is 88.9 Å². The van der Waals surface area contributed by atoms with Crippen molar-refractivity contribution >= 4 is 46.4 Å². The summed E-state index contributed by atoms with van der Waals surface area (Å²) < 4.78 is 10.7. The molecule has 1 unspecified atom stereocenters. The third kappa shape index (κ3) is 6.39. The van der Waals surface area contributed by atoms with E-state index in [0.717, 1.165) is 11.1 Å². The van der Waals surface area contributed by atoms with E-state index in [1.165, 1.54) is 0 Å². The highest BCUT2D eigenvalue weighted by Crippen LogP contribution is 2.29. The van der Waals surface area contributed by atoms with Crippen molar-refractivity contribution in [1.29, 1.82) is 0 Å². The van der Waals surface area contributed by atoms with E-state index in [2.05, 4.69) is 5.32 Å². The number of rotatable bonds is 10. The summed E-state index contributed by atoms with van der Waals surface area (Å²) >= 11 is 11.7. The molecular weight excluding hydrogens is 510 g/mol. The number of benzene rings is 3. The van der Waals surface area contributed by atoms with E-state index in [0.29, 0.717) is 46.8 Å². The molecule has 1 heterocycles. The monoisotopic (exact) mass is 537 g/mol. The topological polar surface area (TPSA) is 71.1 Å². The molecule has 4 rings (SSSR count). The molecule has 9 heteroatoms. The molecule has 1 saturated heterocycles. The highest BCUT2D eigenvalue weighted by molar-refractivity contribution is 7.80. The Hall–Kier alpha value is -3.62. The molecule has 1 N–H and O–H groups in total. The van der Waals surface area contributed by atoms with Gasteiger partial charge in [-0.05, 0) is 66.2 Å². The molecule has 0 radical (unpaired) electrons. The van der Waals surface area contributed by atoms with Gasteiger partial charge in [0.25, 0.3) is 5.91 Å². The summed E-state index contributed by atoms with van der Waals surface area (Å²) in [6, 6.07) is 21.5. The fraction of sp³-hybridized carbons (Fsp3) is 0.250. The molecule has 192 valence electrons. The van der Waals surface area contributed by atoms with Gasteiger partial charge >= 0.3 is 0 Å². The van der Waals surface area contributed by atoms with Crippen LogP contribution in [0.1, 0.15) is 17.5 Å². The van der Waals surface area contributed by atoms with E-state index in [1.54, 1.807) is 43.4 Å². The Bertz CT molecular complexity index is 1270.